The number of hydrogen-bond donors (Lipinski definition) is 1. The van der Waals surface area contributed by atoms with Crippen LogP contribution in [0.4, 0.5) is 31.5 Å². The Morgan fingerprint density at radius 3 is 2.79 bits per heavy atom. The van der Waals surface area contributed by atoms with Crippen LogP contribution in [0.2, 0.25) is 0 Å². The molecule has 1 aromatic heterocycles. The molecular formula is C20H20F2N4OS. The summed E-state index contributed by atoms with van der Waals surface area (Å²) in [4.78, 5) is 9.54. The maximum Gasteiger partial charge on any atom is 0.387 e. The van der Waals surface area contributed by atoms with Crippen LogP contribution in [0.3, 0.4) is 0 Å². The van der Waals surface area contributed by atoms with Crippen LogP contribution in [-0.4, -0.2) is 38.6 Å². The van der Waals surface area contributed by atoms with E-state index < -0.39 is 6.61 Å². The molecule has 1 N–H and O–H groups in total. The normalized spacial score (nSPS) is 13.1. The van der Waals surface area contributed by atoms with Crippen LogP contribution in [0.1, 0.15) is 0 Å². The predicted molar refractivity (Wildman–Crippen MR) is 112 cm³/mol. The minimum absolute atomic E-state index is 0.105. The summed E-state index contributed by atoms with van der Waals surface area (Å²) in [5.74, 6) is 1.05. The summed E-state index contributed by atoms with van der Waals surface area (Å²) in [7, 11) is 5.65. The number of ether oxygens (including phenoxy) is 1. The average Bonchev–Trinajstić information content (AvgIpc) is 3.01. The third-order valence-corrected chi connectivity index (χ3v) is 5.76. The monoisotopic (exact) mass is 402 g/mol. The van der Waals surface area contributed by atoms with E-state index >= 15 is 0 Å². The number of thioether (sulfide) groups is 1. The quantitative estimate of drug-likeness (QED) is 0.637. The Balaban J connectivity index is 1.75. The second-order valence-corrected chi connectivity index (χ2v) is 7.73. The Hall–Kier alpha value is -2.74. The van der Waals surface area contributed by atoms with Gasteiger partial charge < -0.3 is 19.9 Å². The van der Waals surface area contributed by atoms with Gasteiger partial charge in [0.2, 0.25) is 0 Å². The van der Waals surface area contributed by atoms with Crippen LogP contribution in [0, 0.1) is 0 Å². The van der Waals surface area contributed by atoms with E-state index in [4.69, 9.17) is 4.74 Å². The van der Waals surface area contributed by atoms with Gasteiger partial charge in [-0.25, -0.2) is 0 Å². The van der Waals surface area contributed by atoms with Crippen molar-refractivity contribution in [1.29, 1.82) is 0 Å². The molecule has 0 spiro atoms. The fourth-order valence-electron chi connectivity index (χ4n) is 3.22. The van der Waals surface area contributed by atoms with Crippen molar-refractivity contribution in [2.45, 2.75) is 11.5 Å². The van der Waals surface area contributed by atoms with Crippen molar-refractivity contribution in [3.05, 3.63) is 42.6 Å². The lowest BCUT2D eigenvalue weighted by atomic mass is 10.1. The van der Waals surface area contributed by atoms with Crippen molar-refractivity contribution in [2.75, 3.05) is 42.1 Å². The van der Waals surface area contributed by atoms with E-state index in [-0.39, 0.29) is 5.75 Å². The molecular weight excluding hydrogens is 382 g/mol. The number of rotatable bonds is 5. The molecule has 8 heteroatoms. The van der Waals surface area contributed by atoms with Crippen LogP contribution in [0.25, 0.3) is 10.9 Å². The lowest BCUT2D eigenvalue weighted by Gasteiger charge is -2.19. The predicted octanol–water partition coefficient (Wildman–Crippen LogP) is 5.15. The second-order valence-electron chi connectivity index (χ2n) is 6.75. The van der Waals surface area contributed by atoms with Crippen molar-refractivity contribution in [3.63, 3.8) is 0 Å². The zero-order valence-corrected chi connectivity index (χ0v) is 16.6. The van der Waals surface area contributed by atoms with Gasteiger partial charge in [0, 0.05) is 55.1 Å². The van der Waals surface area contributed by atoms with Crippen LogP contribution < -0.4 is 19.9 Å². The third-order valence-electron chi connectivity index (χ3n) is 4.58. The van der Waals surface area contributed by atoms with Crippen molar-refractivity contribution in [1.82, 2.24) is 4.98 Å². The molecule has 146 valence electrons. The largest absolute Gasteiger partial charge is 0.433 e. The molecule has 0 bridgehead atoms. The first-order valence-electron chi connectivity index (χ1n) is 8.72. The Labute approximate surface area is 166 Å². The summed E-state index contributed by atoms with van der Waals surface area (Å²) in [6, 6.07) is 11.5. The highest BCUT2D eigenvalue weighted by molar-refractivity contribution is 7.99. The molecule has 0 amide bonds. The van der Waals surface area contributed by atoms with E-state index in [9.17, 15) is 8.78 Å². The Morgan fingerprint density at radius 1 is 1.21 bits per heavy atom. The van der Waals surface area contributed by atoms with Gasteiger partial charge in [0.15, 0.2) is 5.75 Å². The first-order chi connectivity index (χ1) is 13.4. The van der Waals surface area contributed by atoms with E-state index in [1.165, 1.54) is 10.6 Å². The summed E-state index contributed by atoms with van der Waals surface area (Å²) in [5, 5.41) is 4.27. The van der Waals surface area contributed by atoms with Crippen LogP contribution in [0.5, 0.6) is 5.75 Å². The summed E-state index contributed by atoms with van der Waals surface area (Å²) in [5.41, 5.74) is 4.15. The first kappa shape index (κ1) is 18.6. The Morgan fingerprint density at radius 2 is 2.04 bits per heavy atom. The molecule has 5 nitrogen and oxygen atoms in total. The molecule has 0 unspecified atom stereocenters. The zero-order valence-electron chi connectivity index (χ0n) is 15.7. The summed E-state index contributed by atoms with van der Waals surface area (Å²) >= 11 is 1.81. The van der Waals surface area contributed by atoms with Gasteiger partial charge in [-0.15, -0.1) is 11.8 Å². The van der Waals surface area contributed by atoms with Gasteiger partial charge in [0.1, 0.15) is 0 Å². The van der Waals surface area contributed by atoms with E-state index in [0.717, 1.165) is 22.6 Å². The molecule has 4 rings (SSSR count). The molecule has 0 atom stereocenters. The van der Waals surface area contributed by atoms with Crippen molar-refractivity contribution in [3.8, 4) is 5.75 Å². The summed E-state index contributed by atoms with van der Waals surface area (Å²) in [6.07, 6.45) is 1.65. The van der Waals surface area contributed by atoms with E-state index in [1.807, 2.05) is 30.0 Å². The minimum atomic E-state index is -2.89. The van der Waals surface area contributed by atoms with Gasteiger partial charge in [-0.1, -0.05) is 0 Å². The standard InChI is InChI=1S/C20H20F2N4OS/c1-25(2)16-9-13-14(6-7-23-15(13)10-18(16)27-20(21)22)24-12-4-5-19-17(8-12)26(3)11-28-19/h4-10,20H,11H2,1-3H3,(H,23,24). The van der Waals surface area contributed by atoms with E-state index in [1.54, 1.807) is 31.3 Å². The fourth-order valence-corrected chi connectivity index (χ4v) is 4.22. The van der Waals surface area contributed by atoms with Crippen LogP contribution in [0.15, 0.2) is 47.5 Å². The highest BCUT2D eigenvalue weighted by atomic mass is 32.2. The maximum absolute atomic E-state index is 12.8. The van der Waals surface area contributed by atoms with Crippen molar-refractivity contribution >= 4 is 45.4 Å². The smallest absolute Gasteiger partial charge is 0.387 e. The molecule has 0 saturated carbocycles. The fraction of sp³-hybridized carbons (Fsp3) is 0.250. The number of nitrogens with zero attached hydrogens (tertiary/aromatic N) is 3. The molecule has 2 aromatic carbocycles. The summed E-state index contributed by atoms with van der Waals surface area (Å²) < 4.78 is 30.3. The zero-order chi connectivity index (χ0) is 19.8. The van der Waals surface area contributed by atoms with E-state index in [2.05, 4.69) is 34.4 Å². The number of alkyl halides is 2. The first-order valence-corrected chi connectivity index (χ1v) is 9.71. The van der Waals surface area contributed by atoms with Crippen molar-refractivity contribution in [2.24, 2.45) is 0 Å². The average molecular weight is 402 g/mol. The summed E-state index contributed by atoms with van der Waals surface area (Å²) in [6.45, 7) is -2.89. The number of pyridine rings is 1. The Kier molecular flexibility index (Phi) is 4.89. The van der Waals surface area contributed by atoms with E-state index in [0.29, 0.717) is 11.2 Å². The number of benzene rings is 2. The number of halogens is 2. The lowest BCUT2D eigenvalue weighted by Crippen LogP contribution is -2.13. The van der Waals surface area contributed by atoms with Crippen molar-refractivity contribution < 1.29 is 13.5 Å². The molecule has 1 aliphatic rings. The Bertz CT molecular complexity index is 1030. The second kappa shape index (κ2) is 7.35. The van der Waals surface area contributed by atoms with Gasteiger partial charge in [0.25, 0.3) is 0 Å². The maximum atomic E-state index is 12.8. The van der Waals surface area contributed by atoms with Gasteiger partial charge in [-0.2, -0.15) is 8.78 Å². The van der Waals surface area contributed by atoms with Gasteiger partial charge in [0.05, 0.1) is 22.8 Å². The SMILES string of the molecule is CN(C)c1cc2c(Nc3ccc4c(c3)N(C)CS4)ccnc2cc1OC(F)F. The minimum Gasteiger partial charge on any atom is -0.433 e. The van der Waals surface area contributed by atoms with Gasteiger partial charge in [-0.05, 0) is 30.3 Å². The molecule has 0 radical (unpaired) electrons. The molecule has 3 aromatic rings. The number of aromatic nitrogens is 1. The highest BCUT2D eigenvalue weighted by Gasteiger charge is 2.18. The molecule has 2 heterocycles. The molecule has 1 aliphatic heterocycles. The van der Waals surface area contributed by atoms with Crippen LogP contribution >= 0.6 is 11.8 Å². The van der Waals surface area contributed by atoms with Crippen LogP contribution in [-0.2, 0) is 0 Å². The molecule has 0 aliphatic carbocycles. The lowest BCUT2D eigenvalue weighted by molar-refractivity contribution is -0.0493. The highest BCUT2D eigenvalue weighted by Crippen LogP contribution is 2.40. The topological polar surface area (TPSA) is 40.6 Å². The number of nitrogens with one attached hydrogen (secondary N) is 1. The third kappa shape index (κ3) is 3.52. The molecule has 0 fully saturated rings. The van der Waals surface area contributed by atoms with Gasteiger partial charge in [-0.3, -0.25) is 4.98 Å². The van der Waals surface area contributed by atoms with Gasteiger partial charge >= 0.3 is 6.61 Å². The number of hydrogen-bond acceptors (Lipinski definition) is 6. The number of fused-ring (bicyclic) bond motifs is 2. The number of anilines is 4. The molecule has 28 heavy (non-hydrogen) atoms. The molecule has 0 saturated heterocycles.